The molecule has 0 heterocycles. The average molecular weight is 159 g/mol. The van der Waals surface area contributed by atoms with Crippen molar-refractivity contribution in [3.63, 3.8) is 0 Å². The molecule has 58 valence electrons. The lowest BCUT2D eigenvalue weighted by Crippen LogP contribution is -2.05. The fourth-order valence-electron chi connectivity index (χ4n) is 0.711. The highest BCUT2D eigenvalue weighted by Crippen LogP contribution is 2.10. The SMILES string of the molecule is OC(=[OH+])c1c(F)cccc1F. The molecule has 2 N–H and O–H groups in total. The van der Waals surface area contributed by atoms with E-state index in [4.69, 9.17) is 9.90 Å². The maximum atomic E-state index is 12.5. The molecule has 4 heteroatoms. The quantitative estimate of drug-likeness (QED) is 0.618. The van der Waals surface area contributed by atoms with Crippen LogP contribution in [0.3, 0.4) is 0 Å². The minimum absolute atomic E-state index is 0.799. The minimum Gasteiger partial charge on any atom is -0.335 e. The van der Waals surface area contributed by atoms with Crippen molar-refractivity contribution < 1.29 is 18.7 Å². The number of carboxylic acid groups (broad SMARTS) is 1. The molecule has 1 aromatic rings. The van der Waals surface area contributed by atoms with Gasteiger partial charge in [-0.15, -0.1) is 0 Å². The predicted octanol–water partition coefficient (Wildman–Crippen LogP) is 1.37. The Morgan fingerprint density at radius 2 is 1.73 bits per heavy atom. The van der Waals surface area contributed by atoms with Gasteiger partial charge >= 0.3 is 5.97 Å². The number of rotatable bonds is 1. The zero-order valence-electron chi connectivity index (χ0n) is 5.38. The number of halogens is 2. The van der Waals surface area contributed by atoms with Crippen LogP contribution in [0, 0.1) is 11.6 Å². The summed E-state index contributed by atoms with van der Waals surface area (Å²) in [5, 5.41) is 8.38. The van der Waals surface area contributed by atoms with Crippen LogP contribution in [0.5, 0.6) is 0 Å². The summed E-state index contributed by atoms with van der Waals surface area (Å²) in [6.45, 7) is 0. The molecule has 0 unspecified atom stereocenters. The van der Waals surface area contributed by atoms with Crippen LogP contribution >= 0.6 is 0 Å². The van der Waals surface area contributed by atoms with Crippen LogP contribution in [0.25, 0.3) is 0 Å². The van der Waals surface area contributed by atoms with Crippen LogP contribution in [0.4, 0.5) is 8.78 Å². The molecular weight excluding hydrogens is 154 g/mol. The Balaban J connectivity index is 3.32. The van der Waals surface area contributed by atoms with Crippen molar-refractivity contribution in [3.8, 4) is 0 Å². The maximum Gasteiger partial charge on any atom is 0.521 e. The van der Waals surface area contributed by atoms with Gasteiger partial charge in [-0.2, -0.15) is 0 Å². The summed E-state index contributed by atoms with van der Waals surface area (Å²) in [4.78, 5) is 8.38. The summed E-state index contributed by atoms with van der Waals surface area (Å²) in [7, 11) is 0. The minimum atomic E-state index is -1.35. The van der Waals surface area contributed by atoms with E-state index in [-0.39, 0.29) is 0 Å². The van der Waals surface area contributed by atoms with Crippen molar-refractivity contribution in [2.75, 3.05) is 0 Å². The van der Waals surface area contributed by atoms with Gasteiger partial charge in [0.25, 0.3) is 0 Å². The summed E-state index contributed by atoms with van der Waals surface area (Å²) in [5.74, 6) is -3.34. The second kappa shape index (κ2) is 2.65. The molecule has 0 amide bonds. The van der Waals surface area contributed by atoms with Gasteiger partial charge < -0.3 is 9.90 Å². The van der Waals surface area contributed by atoms with Crippen molar-refractivity contribution in [2.24, 2.45) is 0 Å². The zero-order valence-corrected chi connectivity index (χ0v) is 5.38. The topological polar surface area (TPSA) is 41.6 Å². The Morgan fingerprint density at radius 3 is 2.00 bits per heavy atom. The fraction of sp³-hybridized carbons (Fsp3) is 0. The Hall–Kier alpha value is -1.45. The van der Waals surface area contributed by atoms with Crippen LogP contribution in [0.2, 0.25) is 0 Å². The van der Waals surface area contributed by atoms with E-state index < -0.39 is 23.2 Å². The molecule has 0 saturated heterocycles. The largest absolute Gasteiger partial charge is 0.521 e. The van der Waals surface area contributed by atoms with Crippen LogP contribution in [-0.2, 0) is 0 Å². The molecule has 0 bridgehead atoms. The van der Waals surface area contributed by atoms with Gasteiger partial charge in [-0.05, 0) is 12.1 Å². The van der Waals surface area contributed by atoms with Gasteiger partial charge in [0, 0.05) is 0 Å². The van der Waals surface area contributed by atoms with E-state index in [9.17, 15) is 8.78 Å². The molecule has 1 rings (SSSR count). The molecule has 0 aliphatic carbocycles. The zero-order chi connectivity index (χ0) is 8.43. The number of hydrogen-bond donors (Lipinski definition) is 1. The van der Waals surface area contributed by atoms with E-state index in [1.807, 2.05) is 0 Å². The highest BCUT2D eigenvalue weighted by Gasteiger charge is 2.20. The maximum absolute atomic E-state index is 12.5. The summed E-state index contributed by atoms with van der Waals surface area (Å²) in [6, 6.07) is 3.01. The van der Waals surface area contributed by atoms with E-state index in [2.05, 4.69) is 0 Å². The highest BCUT2D eigenvalue weighted by molar-refractivity contribution is 5.88. The van der Waals surface area contributed by atoms with E-state index in [1.54, 1.807) is 0 Å². The van der Waals surface area contributed by atoms with Gasteiger partial charge in [-0.3, -0.25) is 0 Å². The van der Waals surface area contributed by atoms with Gasteiger partial charge in [-0.1, -0.05) is 6.07 Å². The molecule has 1 aromatic carbocycles. The normalized spacial score (nSPS) is 9.64. The number of aromatic carboxylic acids is 1. The first-order valence-corrected chi connectivity index (χ1v) is 2.82. The molecule has 0 aliphatic heterocycles. The molecule has 0 atom stereocenters. The van der Waals surface area contributed by atoms with Gasteiger partial charge in [0.05, 0.1) is 0 Å². The van der Waals surface area contributed by atoms with Crippen molar-refractivity contribution in [1.82, 2.24) is 0 Å². The van der Waals surface area contributed by atoms with E-state index in [0.29, 0.717) is 0 Å². The number of carboxylic acids is 1. The van der Waals surface area contributed by atoms with Gasteiger partial charge in [0.1, 0.15) is 11.6 Å². The van der Waals surface area contributed by atoms with Gasteiger partial charge in [0.15, 0.2) is 5.56 Å². The molecule has 0 saturated carbocycles. The highest BCUT2D eigenvalue weighted by atomic mass is 19.1. The van der Waals surface area contributed by atoms with Gasteiger partial charge in [-0.25, -0.2) is 8.78 Å². The first-order valence-electron chi connectivity index (χ1n) is 2.82. The van der Waals surface area contributed by atoms with Crippen LogP contribution < -0.4 is 0 Å². The van der Waals surface area contributed by atoms with Crippen molar-refractivity contribution in [2.45, 2.75) is 0 Å². The van der Waals surface area contributed by atoms with Crippen LogP contribution in [0.1, 0.15) is 5.56 Å². The molecule has 0 aromatic heterocycles. The smallest absolute Gasteiger partial charge is 0.335 e. The van der Waals surface area contributed by atoms with E-state index >= 15 is 0 Å². The Kier molecular flexibility index (Phi) is 1.85. The molecule has 0 aliphatic rings. The molecule has 2 nitrogen and oxygen atoms in total. The molecule has 0 spiro atoms. The molecular formula is C7H5F2O2+. The first-order chi connectivity index (χ1) is 5.13. The van der Waals surface area contributed by atoms with Crippen molar-refractivity contribution in [3.05, 3.63) is 35.4 Å². The van der Waals surface area contributed by atoms with Crippen LogP contribution in [-0.4, -0.2) is 15.9 Å². The summed E-state index contributed by atoms with van der Waals surface area (Å²) in [6.07, 6.45) is 0. The second-order valence-electron chi connectivity index (χ2n) is 1.92. The lowest BCUT2D eigenvalue weighted by molar-refractivity contribution is 0.450. The lowest BCUT2D eigenvalue weighted by Gasteiger charge is -1.92. The number of hydrogen-bond acceptors (Lipinski definition) is 0. The molecule has 0 fully saturated rings. The van der Waals surface area contributed by atoms with Crippen LogP contribution in [0.15, 0.2) is 18.2 Å². The number of aliphatic hydroxyl groups excluding tert-OH is 1. The Bertz CT molecular complexity index is 276. The Morgan fingerprint density at radius 1 is 1.27 bits per heavy atom. The lowest BCUT2D eigenvalue weighted by atomic mass is 10.2. The Labute approximate surface area is 61.1 Å². The standard InChI is InChI=1S/C7H4F2O2/c8-4-2-1-3-5(9)6(4)7(10)11/h1-3H,(H,10,11)/p+1. The van der Waals surface area contributed by atoms with Crippen molar-refractivity contribution in [1.29, 1.82) is 0 Å². The second-order valence-corrected chi connectivity index (χ2v) is 1.92. The predicted molar refractivity (Wildman–Crippen MR) is 35.0 cm³/mol. The van der Waals surface area contributed by atoms with E-state index in [1.165, 1.54) is 0 Å². The first kappa shape index (κ1) is 7.65. The summed E-state index contributed by atoms with van der Waals surface area (Å²) < 4.78 is 25.0. The third-order valence-corrected chi connectivity index (χ3v) is 1.19. The molecule has 0 radical (unpaired) electrons. The summed E-state index contributed by atoms with van der Waals surface area (Å²) >= 11 is 0. The fourth-order valence-corrected chi connectivity index (χ4v) is 0.711. The van der Waals surface area contributed by atoms with Crippen molar-refractivity contribution >= 4 is 5.97 Å². The molecule has 11 heavy (non-hydrogen) atoms. The third-order valence-electron chi connectivity index (χ3n) is 1.19. The van der Waals surface area contributed by atoms with Gasteiger partial charge in [0.2, 0.25) is 0 Å². The monoisotopic (exact) mass is 159 g/mol. The summed E-state index contributed by atoms with van der Waals surface area (Å²) in [5.41, 5.74) is -0.799. The third kappa shape index (κ3) is 1.34. The van der Waals surface area contributed by atoms with E-state index in [0.717, 1.165) is 18.2 Å². The number of benzene rings is 1. The average Bonchev–Trinajstić information content (AvgIpc) is 1.85.